The predicted molar refractivity (Wildman–Crippen MR) is 211 cm³/mol. The van der Waals surface area contributed by atoms with Crippen molar-refractivity contribution in [3.8, 4) is 11.1 Å². The van der Waals surface area contributed by atoms with E-state index in [1.54, 1.807) is 28.8 Å². The van der Waals surface area contributed by atoms with Crippen molar-refractivity contribution in [2.75, 3.05) is 0 Å². The average Bonchev–Trinajstić information content (AvgIpc) is 3.54. The molecule has 0 aliphatic heterocycles. The summed E-state index contributed by atoms with van der Waals surface area (Å²) in [6, 6.07) is 34.1. The first kappa shape index (κ1) is 41.4. The first-order valence-electron chi connectivity index (χ1n) is 18.5. The third-order valence-corrected chi connectivity index (χ3v) is 19.9. The minimum atomic E-state index is -2.98. The summed E-state index contributed by atoms with van der Waals surface area (Å²) in [5.74, 6) is 0.425. The van der Waals surface area contributed by atoms with Crippen LogP contribution < -0.4 is 24.8 Å². The van der Waals surface area contributed by atoms with Crippen LogP contribution in [0.4, 0.5) is 0 Å². The molecule has 0 fully saturated rings. The van der Waals surface area contributed by atoms with Gasteiger partial charge in [-0.05, 0) is 0 Å². The van der Waals surface area contributed by atoms with E-state index < -0.39 is 21.3 Å². The molecule has 0 bridgehead atoms. The van der Waals surface area contributed by atoms with Gasteiger partial charge in [-0.2, -0.15) is 0 Å². The van der Waals surface area contributed by atoms with E-state index in [0.29, 0.717) is 9.54 Å². The van der Waals surface area contributed by atoms with Crippen LogP contribution in [0.1, 0.15) is 131 Å². The molecule has 0 nitrogen and oxygen atoms in total. The molecular weight excluding hydrogens is 739 g/mol. The zero-order valence-corrected chi connectivity index (χ0v) is 37.2. The molecule has 3 heteroatoms. The van der Waals surface area contributed by atoms with Crippen LogP contribution in [0.3, 0.4) is 0 Å². The van der Waals surface area contributed by atoms with Crippen LogP contribution in [0, 0.1) is 25.2 Å². The Morgan fingerprint density at radius 1 is 0.588 bits per heavy atom. The summed E-state index contributed by atoms with van der Waals surface area (Å²) in [6.07, 6.45) is 3.74. The maximum absolute atomic E-state index is 2.98. The second-order valence-corrected chi connectivity index (χ2v) is 23.9. The van der Waals surface area contributed by atoms with Crippen molar-refractivity contribution in [1.29, 1.82) is 0 Å². The molecule has 0 radical (unpaired) electrons. The number of halogens is 2. The Morgan fingerprint density at radius 2 is 1.00 bits per heavy atom. The molecule has 4 aromatic carbocycles. The van der Waals surface area contributed by atoms with Crippen molar-refractivity contribution < 1.29 is 46.1 Å². The fourth-order valence-corrected chi connectivity index (χ4v) is 18.4. The standard InChI is InChI=1S/C21H25.C15H14.C12H19.2ClH.Zr/c1-20(2,3)16-7-9-18-14(12-16)11-15-13-17(21(4,5)6)8-10-19(15)18;1-12-3-7-14(8-4-12)11-15-9-5-13(2)6-10-15;1-6-10-7-9(2)8-11(10)12(3,4)5;;;/h7-13H,1-6H3;3-10H,1-2H3;8-9H,6H2,1-5H3;2*1H;/q;;;;;+2/p-2. The Labute approximate surface area is 330 Å². The summed E-state index contributed by atoms with van der Waals surface area (Å²) in [6.45, 7) is 30.8. The Bertz CT molecular complexity index is 1890. The van der Waals surface area contributed by atoms with E-state index in [2.05, 4.69) is 181 Å². The number of allylic oxidation sites excluding steroid dienone is 4. The molecule has 2 aliphatic carbocycles. The van der Waals surface area contributed by atoms with Gasteiger partial charge in [-0.15, -0.1) is 0 Å². The molecule has 2 aliphatic rings. The quantitative estimate of drug-likeness (QED) is 0.202. The molecule has 4 aromatic rings. The molecule has 0 amide bonds. The van der Waals surface area contributed by atoms with Crippen molar-refractivity contribution in [1.82, 2.24) is 0 Å². The van der Waals surface area contributed by atoms with E-state index in [-0.39, 0.29) is 41.1 Å². The minimum Gasteiger partial charge on any atom is -1.00 e. The molecule has 268 valence electrons. The van der Waals surface area contributed by atoms with Gasteiger partial charge in [-0.25, -0.2) is 0 Å². The van der Waals surface area contributed by atoms with Gasteiger partial charge in [0.25, 0.3) is 0 Å². The Morgan fingerprint density at radius 3 is 1.35 bits per heavy atom. The van der Waals surface area contributed by atoms with Crippen molar-refractivity contribution in [3.63, 3.8) is 0 Å². The first-order valence-corrected chi connectivity index (χ1v) is 22.4. The van der Waals surface area contributed by atoms with Crippen LogP contribution in [0.2, 0.25) is 0 Å². The smallest absolute Gasteiger partial charge is 1.00 e. The molecule has 0 saturated heterocycles. The molecule has 1 unspecified atom stereocenters. The molecular formula is C48H58Cl2Zr. The molecule has 1 atom stereocenters. The van der Waals surface area contributed by atoms with Gasteiger partial charge in [-0.1, -0.05) is 0 Å². The normalized spacial score (nSPS) is 15.7. The van der Waals surface area contributed by atoms with Crippen molar-refractivity contribution in [2.24, 2.45) is 11.3 Å². The van der Waals surface area contributed by atoms with Gasteiger partial charge in [0.05, 0.1) is 0 Å². The van der Waals surface area contributed by atoms with Gasteiger partial charge < -0.3 is 24.8 Å². The average molecular weight is 797 g/mol. The van der Waals surface area contributed by atoms with E-state index >= 15 is 0 Å². The Hall–Kier alpha value is -2.31. The first-order chi connectivity index (χ1) is 22.9. The van der Waals surface area contributed by atoms with Crippen LogP contribution in [0.25, 0.3) is 11.1 Å². The molecule has 0 spiro atoms. The number of fused-ring (bicyclic) bond motifs is 3. The maximum atomic E-state index is 2.66. The monoisotopic (exact) mass is 794 g/mol. The third kappa shape index (κ3) is 7.98. The number of hydrogen-bond acceptors (Lipinski definition) is 0. The number of aryl methyl sites for hydroxylation is 2. The van der Waals surface area contributed by atoms with E-state index in [9.17, 15) is 0 Å². The summed E-state index contributed by atoms with van der Waals surface area (Å²) >= 11 is -2.98. The van der Waals surface area contributed by atoms with E-state index in [1.807, 2.05) is 0 Å². The number of hydrogen-bond donors (Lipinski definition) is 0. The molecule has 51 heavy (non-hydrogen) atoms. The largest absolute Gasteiger partial charge is 1.00 e. The topological polar surface area (TPSA) is 0 Å². The fourth-order valence-electron chi connectivity index (χ4n) is 8.20. The van der Waals surface area contributed by atoms with Crippen molar-refractivity contribution >= 4 is 3.21 Å². The van der Waals surface area contributed by atoms with E-state index in [1.165, 1.54) is 44.5 Å². The van der Waals surface area contributed by atoms with Gasteiger partial charge >= 0.3 is 308 Å². The van der Waals surface area contributed by atoms with Crippen LogP contribution in [-0.4, -0.2) is 3.21 Å². The Balaban J connectivity index is 0.00000292. The van der Waals surface area contributed by atoms with Gasteiger partial charge in [0.2, 0.25) is 0 Å². The second-order valence-electron chi connectivity index (χ2n) is 17.9. The fraction of sp³-hybridized carbons (Fsp3) is 0.396. The number of benzene rings is 4. The second kappa shape index (κ2) is 15.2. The zero-order valence-electron chi connectivity index (χ0n) is 33.3. The molecule has 0 aromatic heterocycles. The van der Waals surface area contributed by atoms with E-state index in [0.717, 1.165) is 6.42 Å². The summed E-state index contributed by atoms with van der Waals surface area (Å²) in [7, 11) is 0. The summed E-state index contributed by atoms with van der Waals surface area (Å²) < 4.78 is 3.82. The minimum absolute atomic E-state index is 0. The van der Waals surface area contributed by atoms with Crippen molar-refractivity contribution in [3.05, 3.63) is 150 Å². The van der Waals surface area contributed by atoms with Crippen LogP contribution in [0.5, 0.6) is 0 Å². The summed E-state index contributed by atoms with van der Waals surface area (Å²) in [5, 5.41) is 0. The van der Waals surface area contributed by atoms with E-state index in [4.69, 9.17) is 0 Å². The predicted octanol–water partition coefficient (Wildman–Crippen LogP) is 7.15. The summed E-state index contributed by atoms with van der Waals surface area (Å²) in [4.78, 5) is 0. The molecule has 0 heterocycles. The van der Waals surface area contributed by atoms with Gasteiger partial charge in [0.1, 0.15) is 0 Å². The van der Waals surface area contributed by atoms with Crippen LogP contribution in [-0.2, 0) is 32.1 Å². The van der Waals surface area contributed by atoms with Crippen molar-refractivity contribution in [2.45, 2.75) is 111 Å². The van der Waals surface area contributed by atoms with Crippen LogP contribution in [0.15, 0.2) is 105 Å². The zero-order chi connectivity index (χ0) is 35.6. The third-order valence-electron chi connectivity index (χ3n) is 11.0. The van der Waals surface area contributed by atoms with Crippen LogP contribution >= 0.6 is 0 Å². The van der Waals surface area contributed by atoms with Gasteiger partial charge in [0, 0.05) is 0 Å². The Kier molecular flexibility index (Phi) is 12.4. The van der Waals surface area contributed by atoms with Gasteiger partial charge in [0.15, 0.2) is 0 Å². The SMILES string of the molecule is CCC1=[C]([Zr+2](=[C](c2ccc(C)cc2)c2ccc(C)cc2)[CH]2c3cc(C(C)(C)C)ccc3-c3ccc(C(C)(C)C)cc32)C(C)C=C1C(C)(C)C.[Cl-].[Cl-]. The van der Waals surface area contributed by atoms with Gasteiger partial charge in [-0.3, -0.25) is 0 Å². The molecule has 6 rings (SSSR count). The number of rotatable bonds is 5. The molecule has 0 saturated carbocycles. The molecule has 0 N–H and O–H groups in total. The maximum Gasteiger partial charge on any atom is -1.00 e. The summed E-state index contributed by atoms with van der Waals surface area (Å²) in [5.41, 5.74) is 17.9.